The van der Waals surface area contributed by atoms with E-state index in [1.165, 1.54) is 29.7 Å². The molecule has 1 aliphatic carbocycles. The fourth-order valence-corrected chi connectivity index (χ4v) is 6.80. The van der Waals surface area contributed by atoms with Crippen LogP contribution in [0.4, 0.5) is 17.2 Å². The summed E-state index contributed by atoms with van der Waals surface area (Å²) < 4.78 is 1.60. The number of carbonyl (C=O) groups excluding carboxylic acids is 1. The number of hydrogen-bond acceptors (Lipinski definition) is 7. The zero-order chi connectivity index (χ0) is 25.8. The molecule has 1 saturated heterocycles. The van der Waals surface area contributed by atoms with Crippen LogP contribution in [0.25, 0.3) is 16.0 Å². The Bertz CT molecular complexity index is 1590. The summed E-state index contributed by atoms with van der Waals surface area (Å²) in [7, 11) is 0. The molecule has 0 spiro atoms. The van der Waals surface area contributed by atoms with Gasteiger partial charge in [0, 0.05) is 43.1 Å². The summed E-state index contributed by atoms with van der Waals surface area (Å²) in [6, 6.07) is 19.1. The predicted molar refractivity (Wildman–Crippen MR) is 152 cm³/mol. The van der Waals surface area contributed by atoms with Crippen molar-refractivity contribution in [2.24, 2.45) is 0 Å². The largest absolute Gasteiger partial charge is 0.379 e. The van der Waals surface area contributed by atoms with Crippen molar-refractivity contribution in [3.63, 3.8) is 0 Å². The molecule has 194 valence electrons. The number of amides is 1. The van der Waals surface area contributed by atoms with Crippen LogP contribution in [-0.2, 0) is 6.42 Å². The van der Waals surface area contributed by atoms with Gasteiger partial charge in [0.2, 0.25) is 0 Å². The lowest BCUT2D eigenvalue weighted by molar-refractivity contribution is 0.0941. The maximum Gasteiger partial charge on any atom is 0.298 e. The molecule has 2 fully saturated rings. The summed E-state index contributed by atoms with van der Waals surface area (Å²) in [5.74, 6) is -0.186. The lowest BCUT2D eigenvalue weighted by Crippen LogP contribution is -2.37. The Hall–Kier alpha value is -3.69. The van der Waals surface area contributed by atoms with E-state index in [0.717, 1.165) is 56.0 Å². The average molecular weight is 527 g/mol. The first-order valence-corrected chi connectivity index (χ1v) is 14.2. The molecule has 2 aliphatic heterocycles. The van der Waals surface area contributed by atoms with Crippen LogP contribution in [0.1, 0.15) is 40.9 Å². The van der Waals surface area contributed by atoms with Gasteiger partial charge in [0.05, 0.1) is 16.1 Å². The molecule has 0 radical (unpaired) electrons. The molecule has 3 aliphatic rings. The highest BCUT2D eigenvalue weighted by molar-refractivity contribution is 7.20. The lowest BCUT2D eigenvalue weighted by atomic mass is 10.00. The molecule has 3 N–H and O–H groups in total. The molecule has 4 heterocycles. The molecule has 2 aromatic heterocycles. The number of hydrogen-bond donors (Lipinski definition) is 2. The molecule has 8 nitrogen and oxygen atoms in total. The van der Waals surface area contributed by atoms with Crippen molar-refractivity contribution in [3.8, 4) is 5.69 Å². The van der Waals surface area contributed by atoms with Crippen LogP contribution in [-0.4, -0.2) is 52.1 Å². The van der Waals surface area contributed by atoms with E-state index >= 15 is 0 Å². The minimum absolute atomic E-state index is 0.0696. The van der Waals surface area contributed by atoms with E-state index in [0.29, 0.717) is 21.3 Å². The molecule has 9 heteroatoms. The number of nitrogens with two attached hydrogens (primary N) is 1. The maximum atomic E-state index is 13.3. The summed E-state index contributed by atoms with van der Waals surface area (Å²) in [4.78, 5) is 36.8. The summed E-state index contributed by atoms with van der Waals surface area (Å²) in [6.45, 7) is 2.85. The second-order valence-electron chi connectivity index (χ2n) is 10.5. The van der Waals surface area contributed by atoms with E-state index in [1.54, 1.807) is 10.6 Å². The Morgan fingerprint density at radius 3 is 2.68 bits per heavy atom. The van der Waals surface area contributed by atoms with Crippen molar-refractivity contribution in [1.82, 2.24) is 19.8 Å². The van der Waals surface area contributed by atoms with Gasteiger partial charge < -0.3 is 16.0 Å². The van der Waals surface area contributed by atoms with Crippen molar-refractivity contribution in [3.05, 3.63) is 75.4 Å². The summed E-state index contributed by atoms with van der Waals surface area (Å²) in [6.07, 6.45) is 5.57. The van der Waals surface area contributed by atoms with Gasteiger partial charge in [-0.3, -0.25) is 19.1 Å². The number of nitrogens with zero attached hydrogens (tertiary/aromatic N) is 4. The van der Waals surface area contributed by atoms with Crippen molar-refractivity contribution in [2.75, 3.05) is 30.3 Å². The van der Waals surface area contributed by atoms with Crippen LogP contribution in [0.3, 0.4) is 0 Å². The van der Waals surface area contributed by atoms with E-state index in [4.69, 9.17) is 5.73 Å². The number of fused-ring (bicyclic) bond motifs is 2. The van der Waals surface area contributed by atoms with Crippen LogP contribution in [0, 0.1) is 0 Å². The summed E-state index contributed by atoms with van der Waals surface area (Å²) in [5.41, 5.74) is 10.5. The first-order chi connectivity index (χ1) is 18.5. The fourth-order valence-electron chi connectivity index (χ4n) is 5.87. The van der Waals surface area contributed by atoms with E-state index in [1.807, 2.05) is 24.3 Å². The first kappa shape index (κ1) is 23.4. The third kappa shape index (κ3) is 4.16. The second-order valence-corrected chi connectivity index (χ2v) is 11.6. The molecule has 1 saturated carbocycles. The number of thiophene rings is 1. The third-order valence-electron chi connectivity index (χ3n) is 7.93. The zero-order valence-electron chi connectivity index (χ0n) is 21.1. The molecular weight excluding hydrogens is 496 g/mol. The van der Waals surface area contributed by atoms with Gasteiger partial charge in [-0.05, 0) is 68.0 Å². The fraction of sp³-hybridized carbons (Fsp3) is 0.345. The van der Waals surface area contributed by atoms with Crippen LogP contribution in [0.2, 0.25) is 0 Å². The Morgan fingerprint density at radius 2 is 1.87 bits per heavy atom. The molecule has 38 heavy (non-hydrogen) atoms. The van der Waals surface area contributed by atoms with Gasteiger partial charge in [0.1, 0.15) is 4.83 Å². The van der Waals surface area contributed by atoms with Crippen molar-refractivity contribution in [1.29, 1.82) is 0 Å². The number of para-hydroxylation sites is 1. The number of aryl methyl sites for hydroxylation is 1. The Kier molecular flexibility index (Phi) is 5.70. The summed E-state index contributed by atoms with van der Waals surface area (Å²) in [5, 5.41) is 3.20. The number of likely N-dealkylation sites (tertiary alicyclic amines) is 1. The maximum absolute atomic E-state index is 13.3. The number of aromatic nitrogens is 2. The highest BCUT2D eigenvalue weighted by Gasteiger charge is 2.35. The van der Waals surface area contributed by atoms with Crippen molar-refractivity contribution >= 4 is 44.8 Å². The van der Waals surface area contributed by atoms with E-state index in [9.17, 15) is 9.59 Å². The SMILES string of the molecule is Nc1nc2sc(C(=O)N[C@@H]3CCN(C4CC4)C3)cc2n(-c2ccc3c(c2)N(c2ccccc2)CCC3)c1=O. The summed E-state index contributed by atoms with van der Waals surface area (Å²) >= 11 is 1.28. The van der Waals surface area contributed by atoms with Gasteiger partial charge in [0.25, 0.3) is 11.5 Å². The number of nitrogen functional groups attached to an aromatic ring is 1. The van der Waals surface area contributed by atoms with Crippen LogP contribution < -0.4 is 21.5 Å². The molecule has 2 aromatic carbocycles. The van der Waals surface area contributed by atoms with Gasteiger partial charge in [-0.15, -0.1) is 11.3 Å². The Balaban J connectivity index is 1.25. The molecule has 0 bridgehead atoms. The topological polar surface area (TPSA) is 96.5 Å². The molecule has 7 rings (SSSR count). The van der Waals surface area contributed by atoms with E-state index < -0.39 is 0 Å². The number of benzene rings is 2. The molecule has 4 aromatic rings. The lowest BCUT2D eigenvalue weighted by Gasteiger charge is -2.32. The minimum atomic E-state index is -0.375. The standard InChI is InChI=1S/C29H30N6O2S/c30-26-29(37)35(22-9-8-18-5-4-13-34(23(18)15-22)21-6-2-1-3-7-21)24-16-25(38-28(24)32-26)27(36)31-19-12-14-33(17-19)20-10-11-20/h1-3,6-9,15-16,19-20H,4-5,10-14,17H2,(H2,30,32)(H,31,36)/t19-/m1/s1. The number of rotatable bonds is 5. The number of anilines is 3. The Labute approximate surface area is 224 Å². The predicted octanol–water partition coefficient (Wildman–Crippen LogP) is 4.08. The van der Waals surface area contributed by atoms with Crippen LogP contribution >= 0.6 is 11.3 Å². The smallest absolute Gasteiger partial charge is 0.298 e. The van der Waals surface area contributed by atoms with Gasteiger partial charge in [0.15, 0.2) is 5.82 Å². The van der Waals surface area contributed by atoms with Crippen molar-refractivity contribution in [2.45, 2.75) is 44.2 Å². The number of nitrogens with one attached hydrogen (secondary N) is 1. The monoisotopic (exact) mass is 526 g/mol. The van der Waals surface area contributed by atoms with Gasteiger partial charge in [-0.25, -0.2) is 4.98 Å². The van der Waals surface area contributed by atoms with Crippen LogP contribution in [0.5, 0.6) is 0 Å². The van der Waals surface area contributed by atoms with Crippen molar-refractivity contribution < 1.29 is 4.79 Å². The quantitative estimate of drug-likeness (QED) is 0.407. The second kappa shape index (κ2) is 9.25. The number of carbonyl (C=O) groups is 1. The minimum Gasteiger partial charge on any atom is -0.379 e. The average Bonchev–Trinajstić information content (AvgIpc) is 3.54. The molecule has 1 amide bonds. The van der Waals surface area contributed by atoms with E-state index in [-0.39, 0.29) is 23.3 Å². The third-order valence-corrected chi connectivity index (χ3v) is 8.95. The molecule has 1 atom stereocenters. The van der Waals surface area contributed by atoms with Gasteiger partial charge in [-0.1, -0.05) is 24.3 Å². The molecule has 0 unspecified atom stereocenters. The normalized spacial score (nSPS) is 19.6. The first-order valence-electron chi connectivity index (χ1n) is 13.4. The van der Waals surface area contributed by atoms with Gasteiger partial charge >= 0.3 is 0 Å². The molecular formula is C29H30N6O2S. The van der Waals surface area contributed by atoms with E-state index in [2.05, 4.69) is 44.4 Å². The Morgan fingerprint density at radius 1 is 1.03 bits per heavy atom. The zero-order valence-corrected chi connectivity index (χ0v) is 21.9. The highest BCUT2D eigenvalue weighted by Crippen LogP contribution is 2.36. The highest BCUT2D eigenvalue weighted by atomic mass is 32.1. The van der Waals surface area contributed by atoms with Gasteiger partial charge in [-0.2, -0.15) is 0 Å². The van der Waals surface area contributed by atoms with Crippen LogP contribution in [0.15, 0.2) is 59.4 Å².